The predicted octanol–water partition coefficient (Wildman–Crippen LogP) is 1.93. The summed E-state index contributed by atoms with van der Waals surface area (Å²) in [6.07, 6.45) is 10.2. The van der Waals surface area contributed by atoms with E-state index < -0.39 is 0 Å². The first-order valence-corrected chi connectivity index (χ1v) is 5.29. The Balaban J connectivity index is 1.82. The second kappa shape index (κ2) is 2.72. The first kappa shape index (κ1) is 8.27. The van der Waals surface area contributed by atoms with E-state index in [4.69, 9.17) is 4.74 Å². The Morgan fingerprint density at radius 1 is 1.21 bits per heavy atom. The first-order chi connectivity index (χ1) is 6.75. The van der Waals surface area contributed by atoms with E-state index >= 15 is 0 Å². The van der Waals surface area contributed by atoms with Gasteiger partial charge in [-0.25, -0.2) is 0 Å². The van der Waals surface area contributed by atoms with Crippen molar-refractivity contribution in [2.45, 2.75) is 19.4 Å². The standard InChI is InChI=1S/C12H14O2/c1-7(13)14-11-5-4-10-8-2-3-9(6-8)12(10)11/h2-5,8-12H,6H2,1H3/t8?,9?,10-,11+,12+/m0/s1. The molecule has 5 atom stereocenters. The summed E-state index contributed by atoms with van der Waals surface area (Å²) in [6.45, 7) is 1.49. The predicted molar refractivity (Wildman–Crippen MR) is 52.4 cm³/mol. The quantitative estimate of drug-likeness (QED) is 0.466. The highest BCUT2D eigenvalue weighted by molar-refractivity contribution is 5.66. The van der Waals surface area contributed by atoms with E-state index in [1.807, 2.05) is 0 Å². The van der Waals surface area contributed by atoms with Gasteiger partial charge in [-0.2, -0.15) is 0 Å². The average molecular weight is 190 g/mol. The molecular weight excluding hydrogens is 176 g/mol. The van der Waals surface area contributed by atoms with Crippen LogP contribution in [0.15, 0.2) is 24.3 Å². The molecule has 2 nitrogen and oxygen atoms in total. The molecule has 0 aliphatic heterocycles. The van der Waals surface area contributed by atoms with Gasteiger partial charge in [-0.05, 0) is 30.3 Å². The van der Waals surface area contributed by atoms with Gasteiger partial charge in [0.25, 0.3) is 0 Å². The van der Waals surface area contributed by atoms with Crippen LogP contribution < -0.4 is 0 Å². The van der Waals surface area contributed by atoms with Crippen LogP contribution in [0.5, 0.6) is 0 Å². The minimum atomic E-state index is -0.160. The molecule has 0 spiro atoms. The molecule has 0 amide bonds. The van der Waals surface area contributed by atoms with Gasteiger partial charge in [-0.3, -0.25) is 4.79 Å². The number of esters is 1. The third-order valence-electron chi connectivity index (χ3n) is 3.79. The summed E-state index contributed by atoms with van der Waals surface area (Å²) in [7, 11) is 0. The number of hydrogen-bond donors (Lipinski definition) is 0. The number of carbonyl (C=O) groups excluding carboxylic acids is 1. The Bertz CT molecular complexity index is 329. The molecule has 2 heteroatoms. The highest BCUT2D eigenvalue weighted by Gasteiger charge is 2.49. The summed E-state index contributed by atoms with van der Waals surface area (Å²) in [5.74, 6) is 2.36. The number of rotatable bonds is 1. The van der Waals surface area contributed by atoms with E-state index in [9.17, 15) is 4.79 Å². The van der Waals surface area contributed by atoms with Crippen LogP contribution in [0.1, 0.15) is 13.3 Å². The van der Waals surface area contributed by atoms with Crippen LogP contribution in [0, 0.1) is 23.7 Å². The fourth-order valence-corrected chi connectivity index (χ4v) is 3.31. The van der Waals surface area contributed by atoms with Gasteiger partial charge in [0.05, 0.1) is 0 Å². The largest absolute Gasteiger partial charge is 0.458 e. The third-order valence-corrected chi connectivity index (χ3v) is 3.79. The fraction of sp³-hybridized carbons (Fsp3) is 0.583. The van der Waals surface area contributed by atoms with Crippen molar-refractivity contribution in [3.05, 3.63) is 24.3 Å². The molecule has 1 saturated carbocycles. The molecule has 2 unspecified atom stereocenters. The minimum absolute atomic E-state index is 0.0393. The molecule has 0 aromatic carbocycles. The smallest absolute Gasteiger partial charge is 0.303 e. The van der Waals surface area contributed by atoms with Crippen molar-refractivity contribution in [1.29, 1.82) is 0 Å². The third kappa shape index (κ3) is 0.999. The fourth-order valence-electron chi connectivity index (χ4n) is 3.31. The summed E-state index contributed by atoms with van der Waals surface area (Å²) in [5, 5.41) is 0. The molecule has 3 aliphatic rings. The van der Waals surface area contributed by atoms with Gasteiger partial charge in [0, 0.05) is 12.8 Å². The maximum atomic E-state index is 10.9. The molecule has 3 rings (SSSR count). The molecule has 3 aliphatic carbocycles. The summed E-state index contributed by atoms with van der Waals surface area (Å²) in [4.78, 5) is 10.9. The van der Waals surface area contributed by atoms with Gasteiger partial charge in [0.15, 0.2) is 0 Å². The molecule has 74 valence electrons. The van der Waals surface area contributed by atoms with E-state index in [1.54, 1.807) is 0 Å². The van der Waals surface area contributed by atoms with Gasteiger partial charge >= 0.3 is 5.97 Å². The van der Waals surface area contributed by atoms with Gasteiger partial charge in [-0.1, -0.05) is 18.2 Å². The summed E-state index contributed by atoms with van der Waals surface area (Å²) < 4.78 is 5.32. The van der Waals surface area contributed by atoms with E-state index in [-0.39, 0.29) is 12.1 Å². The van der Waals surface area contributed by atoms with Crippen LogP contribution >= 0.6 is 0 Å². The zero-order valence-electron chi connectivity index (χ0n) is 8.22. The Hall–Kier alpha value is -1.05. The molecule has 0 N–H and O–H groups in total. The Labute approximate surface area is 83.6 Å². The van der Waals surface area contributed by atoms with Crippen molar-refractivity contribution in [2.24, 2.45) is 23.7 Å². The van der Waals surface area contributed by atoms with E-state index in [1.165, 1.54) is 13.3 Å². The number of fused-ring (bicyclic) bond motifs is 5. The van der Waals surface area contributed by atoms with Gasteiger partial charge in [0.2, 0.25) is 0 Å². The summed E-state index contributed by atoms with van der Waals surface area (Å²) in [5.41, 5.74) is 0. The molecular formula is C12H14O2. The minimum Gasteiger partial charge on any atom is -0.458 e. The number of hydrogen-bond acceptors (Lipinski definition) is 2. The molecule has 0 aromatic heterocycles. The second-order valence-corrected chi connectivity index (χ2v) is 4.56. The number of ether oxygens (including phenoxy) is 1. The lowest BCUT2D eigenvalue weighted by atomic mass is 9.84. The van der Waals surface area contributed by atoms with Crippen molar-refractivity contribution in [2.75, 3.05) is 0 Å². The molecule has 0 radical (unpaired) electrons. The van der Waals surface area contributed by atoms with E-state index in [0.717, 1.165) is 0 Å². The molecule has 0 heterocycles. The summed E-state index contributed by atoms with van der Waals surface area (Å²) in [6, 6.07) is 0. The lowest BCUT2D eigenvalue weighted by Gasteiger charge is -2.25. The highest BCUT2D eigenvalue weighted by atomic mass is 16.5. The van der Waals surface area contributed by atoms with Crippen molar-refractivity contribution < 1.29 is 9.53 Å². The molecule has 0 aromatic rings. The normalized spacial score (nSPS) is 47.1. The SMILES string of the molecule is CC(=O)O[C@@H]1C=C[C@H]2C3C=CC(C3)[C@@H]12. The maximum Gasteiger partial charge on any atom is 0.303 e. The van der Waals surface area contributed by atoms with Crippen LogP contribution in [0.3, 0.4) is 0 Å². The maximum absolute atomic E-state index is 10.9. The molecule has 2 bridgehead atoms. The Morgan fingerprint density at radius 3 is 2.79 bits per heavy atom. The van der Waals surface area contributed by atoms with Gasteiger partial charge < -0.3 is 4.74 Å². The van der Waals surface area contributed by atoms with Crippen LogP contribution in [0.2, 0.25) is 0 Å². The van der Waals surface area contributed by atoms with E-state index in [0.29, 0.717) is 23.7 Å². The van der Waals surface area contributed by atoms with Gasteiger partial charge in [-0.15, -0.1) is 0 Å². The lowest BCUT2D eigenvalue weighted by molar-refractivity contribution is -0.146. The second-order valence-electron chi connectivity index (χ2n) is 4.56. The van der Waals surface area contributed by atoms with Crippen LogP contribution in [0.4, 0.5) is 0 Å². The average Bonchev–Trinajstić information content (AvgIpc) is 2.74. The van der Waals surface area contributed by atoms with Crippen molar-refractivity contribution in [1.82, 2.24) is 0 Å². The number of carbonyl (C=O) groups is 1. The Morgan fingerprint density at radius 2 is 2.00 bits per heavy atom. The zero-order chi connectivity index (χ0) is 9.71. The number of allylic oxidation sites excluding steroid dienone is 3. The van der Waals surface area contributed by atoms with Crippen molar-refractivity contribution in [3.8, 4) is 0 Å². The molecule has 14 heavy (non-hydrogen) atoms. The van der Waals surface area contributed by atoms with Crippen LogP contribution in [-0.2, 0) is 9.53 Å². The molecule has 0 saturated heterocycles. The lowest BCUT2D eigenvalue weighted by Crippen LogP contribution is -2.27. The molecule has 1 fully saturated rings. The summed E-state index contributed by atoms with van der Waals surface area (Å²) >= 11 is 0. The van der Waals surface area contributed by atoms with Gasteiger partial charge in [0.1, 0.15) is 6.10 Å². The van der Waals surface area contributed by atoms with Crippen LogP contribution in [0.25, 0.3) is 0 Å². The first-order valence-electron chi connectivity index (χ1n) is 5.29. The van der Waals surface area contributed by atoms with Crippen molar-refractivity contribution in [3.63, 3.8) is 0 Å². The zero-order valence-corrected chi connectivity index (χ0v) is 8.22. The van der Waals surface area contributed by atoms with E-state index in [2.05, 4.69) is 24.3 Å². The highest BCUT2D eigenvalue weighted by Crippen LogP contribution is 2.53. The topological polar surface area (TPSA) is 26.3 Å². The van der Waals surface area contributed by atoms with Crippen molar-refractivity contribution >= 4 is 5.97 Å². The monoisotopic (exact) mass is 190 g/mol. The Kier molecular flexibility index (Phi) is 1.61. The van der Waals surface area contributed by atoms with Crippen LogP contribution in [-0.4, -0.2) is 12.1 Å².